The number of nitrogens with zero attached hydrogens (tertiary/aromatic N) is 2. The van der Waals surface area contributed by atoms with Crippen LogP contribution in [0.4, 0.5) is 5.82 Å². The second-order valence-corrected chi connectivity index (χ2v) is 5.50. The number of nitrogens with one attached hydrogen (secondary N) is 1. The Balaban J connectivity index is 3.19. The molecule has 0 unspecified atom stereocenters. The van der Waals surface area contributed by atoms with Crippen molar-refractivity contribution in [3.05, 3.63) is 17.1 Å². The van der Waals surface area contributed by atoms with Gasteiger partial charge in [-0.05, 0) is 19.8 Å². The number of aryl methyl sites for hydroxylation is 1. The molecule has 0 spiro atoms. The summed E-state index contributed by atoms with van der Waals surface area (Å²) in [7, 11) is 0. The smallest absolute Gasteiger partial charge is 0.136 e. The molecule has 0 aromatic carbocycles. The molecule has 0 aliphatic carbocycles. The lowest BCUT2D eigenvalue weighted by Gasteiger charge is -2.20. The van der Waals surface area contributed by atoms with E-state index < -0.39 is 0 Å². The molecular weight excluding hydrogens is 210 g/mol. The first kappa shape index (κ1) is 13.9. The van der Waals surface area contributed by atoms with Gasteiger partial charge in [0.25, 0.3) is 0 Å². The molecule has 0 radical (unpaired) electrons. The second-order valence-electron chi connectivity index (χ2n) is 5.50. The summed E-state index contributed by atoms with van der Waals surface area (Å²) < 4.78 is 0. The molecule has 1 N–H and O–H groups in total. The second kappa shape index (κ2) is 5.48. The Kier molecular flexibility index (Phi) is 4.49. The molecule has 96 valence electrons. The first-order chi connectivity index (χ1) is 7.90. The molecule has 0 aliphatic heterocycles. The largest absolute Gasteiger partial charge is 0.370 e. The van der Waals surface area contributed by atoms with Crippen molar-refractivity contribution in [2.45, 2.75) is 59.8 Å². The van der Waals surface area contributed by atoms with Crippen molar-refractivity contribution in [1.82, 2.24) is 9.97 Å². The molecule has 0 saturated carbocycles. The summed E-state index contributed by atoms with van der Waals surface area (Å²) in [6.07, 6.45) is 2.06. The maximum absolute atomic E-state index is 4.68. The normalized spacial score (nSPS) is 11.6. The van der Waals surface area contributed by atoms with E-state index in [4.69, 9.17) is 0 Å². The van der Waals surface area contributed by atoms with E-state index in [1.54, 1.807) is 0 Å². The third kappa shape index (κ3) is 3.42. The first-order valence-corrected chi connectivity index (χ1v) is 6.52. The summed E-state index contributed by atoms with van der Waals surface area (Å²) in [5.41, 5.74) is 2.35. The lowest BCUT2D eigenvalue weighted by molar-refractivity contribution is 0.541. The van der Waals surface area contributed by atoms with Gasteiger partial charge >= 0.3 is 0 Å². The molecule has 1 heterocycles. The standard InChI is InChI=1S/C14H25N3/c1-7-9-15-12-10(3)11(8-2)16-13(17-12)14(4,5)6/h7-9H2,1-6H3,(H,15,16,17). The third-order valence-electron chi connectivity index (χ3n) is 2.79. The van der Waals surface area contributed by atoms with E-state index in [1.807, 2.05) is 0 Å². The molecule has 1 aromatic rings. The van der Waals surface area contributed by atoms with Crippen LogP contribution < -0.4 is 5.32 Å². The van der Waals surface area contributed by atoms with Crippen LogP contribution in [0.3, 0.4) is 0 Å². The Morgan fingerprint density at radius 3 is 2.24 bits per heavy atom. The summed E-state index contributed by atoms with van der Waals surface area (Å²) >= 11 is 0. The van der Waals surface area contributed by atoms with Crippen molar-refractivity contribution < 1.29 is 0 Å². The van der Waals surface area contributed by atoms with Crippen LogP contribution in [0.2, 0.25) is 0 Å². The summed E-state index contributed by atoms with van der Waals surface area (Å²) in [6, 6.07) is 0. The topological polar surface area (TPSA) is 37.8 Å². The molecule has 17 heavy (non-hydrogen) atoms. The zero-order valence-corrected chi connectivity index (χ0v) is 12.0. The van der Waals surface area contributed by atoms with Gasteiger partial charge in [-0.3, -0.25) is 0 Å². The monoisotopic (exact) mass is 235 g/mol. The van der Waals surface area contributed by atoms with Crippen LogP contribution in [-0.2, 0) is 11.8 Å². The highest BCUT2D eigenvalue weighted by Crippen LogP contribution is 2.23. The van der Waals surface area contributed by atoms with Crippen molar-refractivity contribution >= 4 is 5.82 Å². The molecular formula is C14H25N3. The molecule has 3 nitrogen and oxygen atoms in total. The number of anilines is 1. The summed E-state index contributed by atoms with van der Waals surface area (Å²) in [5, 5.41) is 3.40. The molecule has 0 saturated heterocycles. The van der Waals surface area contributed by atoms with E-state index >= 15 is 0 Å². The van der Waals surface area contributed by atoms with E-state index in [-0.39, 0.29) is 5.41 Å². The van der Waals surface area contributed by atoms with E-state index in [1.165, 1.54) is 5.56 Å². The number of rotatable bonds is 4. The van der Waals surface area contributed by atoms with Crippen molar-refractivity contribution in [2.75, 3.05) is 11.9 Å². The van der Waals surface area contributed by atoms with Crippen molar-refractivity contribution in [2.24, 2.45) is 0 Å². The number of hydrogen-bond acceptors (Lipinski definition) is 3. The Hall–Kier alpha value is -1.12. The highest BCUT2D eigenvalue weighted by atomic mass is 15.0. The molecule has 0 bridgehead atoms. The van der Waals surface area contributed by atoms with Crippen LogP contribution >= 0.6 is 0 Å². The zero-order valence-electron chi connectivity index (χ0n) is 12.0. The van der Waals surface area contributed by atoms with E-state index in [0.29, 0.717) is 0 Å². The van der Waals surface area contributed by atoms with Gasteiger partial charge in [0.15, 0.2) is 0 Å². The van der Waals surface area contributed by atoms with Crippen LogP contribution in [0.5, 0.6) is 0 Å². The van der Waals surface area contributed by atoms with Crippen LogP contribution in [0.1, 0.15) is 58.1 Å². The average Bonchev–Trinajstić information content (AvgIpc) is 2.26. The molecule has 0 amide bonds. The third-order valence-corrected chi connectivity index (χ3v) is 2.79. The molecule has 1 rings (SSSR count). The van der Waals surface area contributed by atoms with Crippen molar-refractivity contribution in [3.63, 3.8) is 0 Å². The maximum atomic E-state index is 4.68. The molecule has 3 heteroatoms. The van der Waals surface area contributed by atoms with Crippen LogP contribution in [0.25, 0.3) is 0 Å². The molecule has 0 aliphatic rings. The van der Waals surface area contributed by atoms with Crippen LogP contribution in [-0.4, -0.2) is 16.5 Å². The van der Waals surface area contributed by atoms with E-state index in [0.717, 1.165) is 36.7 Å². The number of aromatic nitrogens is 2. The predicted octanol–water partition coefficient (Wildman–Crippen LogP) is 3.47. The Bertz CT molecular complexity index is 378. The maximum Gasteiger partial charge on any atom is 0.136 e. The number of hydrogen-bond donors (Lipinski definition) is 1. The van der Waals surface area contributed by atoms with Gasteiger partial charge < -0.3 is 5.32 Å². The highest BCUT2D eigenvalue weighted by Gasteiger charge is 2.20. The van der Waals surface area contributed by atoms with Crippen molar-refractivity contribution in [1.29, 1.82) is 0 Å². The van der Waals surface area contributed by atoms with Crippen LogP contribution in [0, 0.1) is 6.92 Å². The molecule has 0 fully saturated rings. The zero-order chi connectivity index (χ0) is 13.1. The van der Waals surface area contributed by atoms with E-state index in [9.17, 15) is 0 Å². The minimum absolute atomic E-state index is 0.000263. The van der Waals surface area contributed by atoms with Gasteiger partial charge in [0.1, 0.15) is 11.6 Å². The first-order valence-electron chi connectivity index (χ1n) is 6.52. The summed E-state index contributed by atoms with van der Waals surface area (Å²) in [6.45, 7) is 13.8. The lowest BCUT2D eigenvalue weighted by Crippen LogP contribution is -2.19. The van der Waals surface area contributed by atoms with Gasteiger partial charge in [0, 0.05) is 23.2 Å². The average molecular weight is 235 g/mol. The summed E-state index contributed by atoms with van der Waals surface area (Å²) in [5.74, 6) is 1.93. The SMILES string of the molecule is CCCNc1nc(C(C)(C)C)nc(CC)c1C. The predicted molar refractivity (Wildman–Crippen MR) is 73.6 cm³/mol. The fourth-order valence-corrected chi connectivity index (χ4v) is 1.66. The van der Waals surface area contributed by atoms with Gasteiger partial charge in [-0.25, -0.2) is 9.97 Å². The van der Waals surface area contributed by atoms with Crippen LogP contribution in [0.15, 0.2) is 0 Å². The highest BCUT2D eigenvalue weighted by molar-refractivity contribution is 5.46. The Morgan fingerprint density at radius 1 is 1.12 bits per heavy atom. The van der Waals surface area contributed by atoms with E-state index in [2.05, 4.69) is 56.8 Å². The van der Waals surface area contributed by atoms with Gasteiger partial charge in [-0.2, -0.15) is 0 Å². The quantitative estimate of drug-likeness (QED) is 0.868. The van der Waals surface area contributed by atoms with Gasteiger partial charge in [-0.15, -0.1) is 0 Å². The summed E-state index contributed by atoms with van der Waals surface area (Å²) in [4.78, 5) is 9.35. The fraction of sp³-hybridized carbons (Fsp3) is 0.714. The Labute approximate surface area is 105 Å². The minimum atomic E-state index is 0.000263. The van der Waals surface area contributed by atoms with Gasteiger partial charge in [0.05, 0.1) is 0 Å². The Morgan fingerprint density at radius 2 is 1.76 bits per heavy atom. The van der Waals surface area contributed by atoms with Gasteiger partial charge in [-0.1, -0.05) is 34.6 Å². The molecule has 1 aromatic heterocycles. The minimum Gasteiger partial charge on any atom is -0.370 e. The van der Waals surface area contributed by atoms with Crippen molar-refractivity contribution in [3.8, 4) is 0 Å². The lowest BCUT2D eigenvalue weighted by atomic mass is 9.95. The van der Waals surface area contributed by atoms with Gasteiger partial charge in [0.2, 0.25) is 0 Å². The fourth-order valence-electron chi connectivity index (χ4n) is 1.66. The molecule has 0 atom stereocenters.